The second kappa shape index (κ2) is 6.12. The summed E-state index contributed by atoms with van der Waals surface area (Å²) < 4.78 is 27.1. The number of carbonyl (C=O) groups is 2. The molecular weight excluding hydrogens is 316 g/mol. The Morgan fingerprint density at radius 1 is 1.38 bits per heavy atom. The number of hydrogen-bond donors (Lipinski definition) is 2. The zero-order valence-corrected chi connectivity index (χ0v) is 13.8. The Labute approximate surface area is 127 Å². The van der Waals surface area contributed by atoms with Crippen molar-refractivity contribution in [2.24, 2.45) is 5.14 Å². The van der Waals surface area contributed by atoms with Gasteiger partial charge in [0.15, 0.2) is 6.10 Å². The third-order valence-electron chi connectivity index (χ3n) is 2.24. The lowest BCUT2D eigenvalue weighted by Crippen LogP contribution is -2.46. The van der Waals surface area contributed by atoms with Gasteiger partial charge < -0.3 is 10.1 Å². The molecule has 9 heteroatoms. The molecule has 0 saturated heterocycles. The van der Waals surface area contributed by atoms with Crippen molar-refractivity contribution >= 4 is 33.2 Å². The largest absolute Gasteiger partial charge is 0.449 e. The van der Waals surface area contributed by atoms with Gasteiger partial charge in [-0.2, -0.15) is 0 Å². The molecule has 0 saturated carbocycles. The maximum absolute atomic E-state index is 11.8. The van der Waals surface area contributed by atoms with Crippen molar-refractivity contribution in [2.75, 3.05) is 0 Å². The lowest BCUT2D eigenvalue weighted by atomic mass is 10.1. The van der Waals surface area contributed by atoms with Gasteiger partial charge in [0, 0.05) is 10.9 Å². The third-order valence-corrected chi connectivity index (χ3v) is 4.63. The molecular formula is C12H18N2O5S2. The minimum absolute atomic E-state index is 0.0411. The van der Waals surface area contributed by atoms with Gasteiger partial charge in [-0.05, 0) is 33.8 Å². The summed E-state index contributed by atoms with van der Waals surface area (Å²) in [4.78, 5) is 23.6. The predicted octanol–water partition coefficient (Wildman–Crippen LogP) is 0.855. The maximum atomic E-state index is 11.8. The summed E-state index contributed by atoms with van der Waals surface area (Å²) in [5.41, 5.74) is -0.402. The van der Waals surface area contributed by atoms with Gasteiger partial charge in [0.25, 0.3) is 5.91 Å². The fourth-order valence-electron chi connectivity index (χ4n) is 1.33. The van der Waals surface area contributed by atoms with E-state index >= 15 is 0 Å². The maximum Gasteiger partial charge on any atom is 0.339 e. The summed E-state index contributed by atoms with van der Waals surface area (Å²) in [5.74, 6) is -1.21. The van der Waals surface area contributed by atoms with E-state index in [0.29, 0.717) is 0 Å². The molecule has 0 radical (unpaired) electrons. The molecule has 1 aromatic heterocycles. The van der Waals surface area contributed by atoms with Crippen LogP contribution >= 0.6 is 11.3 Å². The molecule has 1 unspecified atom stereocenters. The first-order valence-corrected chi connectivity index (χ1v) is 8.47. The van der Waals surface area contributed by atoms with Crippen LogP contribution in [0.2, 0.25) is 0 Å². The van der Waals surface area contributed by atoms with Crippen LogP contribution in [0, 0.1) is 0 Å². The normalized spacial score (nSPS) is 13.6. The van der Waals surface area contributed by atoms with Gasteiger partial charge >= 0.3 is 5.97 Å². The van der Waals surface area contributed by atoms with Crippen LogP contribution in [0.3, 0.4) is 0 Å². The van der Waals surface area contributed by atoms with Crippen LogP contribution in [-0.2, 0) is 19.6 Å². The Morgan fingerprint density at radius 3 is 2.38 bits per heavy atom. The fourth-order valence-corrected chi connectivity index (χ4v) is 2.90. The van der Waals surface area contributed by atoms with E-state index in [1.807, 2.05) is 0 Å². The lowest BCUT2D eigenvalue weighted by Gasteiger charge is -2.23. The average Bonchev–Trinajstić information content (AvgIpc) is 2.74. The smallest absolute Gasteiger partial charge is 0.339 e. The minimum Gasteiger partial charge on any atom is -0.449 e. The number of rotatable bonds is 4. The summed E-state index contributed by atoms with van der Waals surface area (Å²) in [7, 11) is -3.85. The molecule has 1 rings (SSSR count). The molecule has 21 heavy (non-hydrogen) atoms. The van der Waals surface area contributed by atoms with E-state index in [1.54, 1.807) is 20.8 Å². The molecule has 7 nitrogen and oxygen atoms in total. The SMILES string of the molecule is CC(OC(=O)c1csc(S(N)(=O)=O)c1)C(=O)NC(C)(C)C. The Bertz CT molecular complexity index is 643. The van der Waals surface area contributed by atoms with Crippen molar-refractivity contribution in [3.05, 3.63) is 17.0 Å². The number of amides is 1. The highest BCUT2D eigenvalue weighted by molar-refractivity contribution is 7.91. The molecule has 1 amide bonds. The highest BCUT2D eigenvalue weighted by Crippen LogP contribution is 2.19. The lowest BCUT2D eigenvalue weighted by molar-refractivity contribution is -0.130. The topological polar surface area (TPSA) is 116 Å². The van der Waals surface area contributed by atoms with Gasteiger partial charge in [-0.3, -0.25) is 4.79 Å². The summed E-state index contributed by atoms with van der Waals surface area (Å²) >= 11 is 0.816. The number of thiophene rings is 1. The van der Waals surface area contributed by atoms with E-state index < -0.39 is 33.5 Å². The summed E-state index contributed by atoms with van der Waals surface area (Å²) in [6, 6.07) is 1.12. The summed E-state index contributed by atoms with van der Waals surface area (Å²) in [6.45, 7) is 6.84. The molecule has 118 valence electrons. The molecule has 1 aromatic rings. The molecule has 1 heterocycles. The molecule has 0 aliphatic heterocycles. The highest BCUT2D eigenvalue weighted by Gasteiger charge is 2.24. The standard InChI is InChI=1S/C12H18N2O5S2/c1-7(10(15)14-12(2,3)4)19-11(16)8-5-9(20-6-8)21(13,17)18/h5-7H,1-4H3,(H,14,15)(H2,13,17,18). The number of sulfonamides is 1. The van der Waals surface area contributed by atoms with Crippen LogP contribution in [0.4, 0.5) is 0 Å². The van der Waals surface area contributed by atoms with E-state index in [-0.39, 0.29) is 9.77 Å². The van der Waals surface area contributed by atoms with Crippen molar-refractivity contribution in [2.45, 2.75) is 43.5 Å². The zero-order valence-electron chi connectivity index (χ0n) is 12.2. The number of nitrogens with two attached hydrogens (primary N) is 1. The van der Waals surface area contributed by atoms with Crippen molar-refractivity contribution in [3.63, 3.8) is 0 Å². The molecule has 0 aliphatic rings. The van der Waals surface area contributed by atoms with E-state index in [4.69, 9.17) is 9.88 Å². The Morgan fingerprint density at radius 2 is 1.95 bits per heavy atom. The van der Waals surface area contributed by atoms with Crippen LogP contribution < -0.4 is 10.5 Å². The van der Waals surface area contributed by atoms with Gasteiger partial charge in [0.05, 0.1) is 5.56 Å². The Balaban J connectivity index is 2.73. The molecule has 0 bridgehead atoms. The van der Waals surface area contributed by atoms with Gasteiger partial charge in [-0.1, -0.05) is 0 Å². The van der Waals surface area contributed by atoms with Crippen molar-refractivity contribution in [3.8, 4) is 0 Å². The first-order valence-electron chi connectivity index (χ1n) is 6.04. The van der Waals surface area contributed by atoms with Crippen LogP contribution in [0.15, 0.2) is 15.7 Å². The number of hydrogen-bond acceptors (Lipinski definition) is 6. The van der Waals surface area contributed by atoms with Crippen LogP contribution in [0.5, 0.6) is 0 Å². The van der Waals surface area contributed by atoms with Gasteiger partial charge in [0.1, 0.15) is 4.21 Å². The second-order valence-corrected chi connectivity index (χ2v) is 8.19. The number of ether oxygens (including phenoxy) is 1. The van der Waals surface area contributed by atoms with Crippen molar-refractivity contribution in [1.82, 2.24) is 5.32 Å². The highest BCUT2D eigenvalue weighted by atomic mass is 32.2. The number of primary sulfonamides is 1. The van der Waals surface area contributed by atoms with Crippen LogP contribution in [0.1, 0.15) is 38.1 Å². The second-order valence-electron chi connectivity index (χ2n) is 5.49. The van der Waals surface area contributed by atoms with E-state index in [1.165, 1.54) is 12.3 Å². The van der Waals surface area contributed by atoms with Gasteiger partial charge in [0.2, 0.25) is 10.0 Å². The van der Waals surface area contributed by atoms with Crippen molar-refractivity contribution < 1.29 is 22.7 Å². The monoisotopic (exact) mass is 334 g/mol. The average molecular weight is 334 g/mol. The molecule has 0 spiro atoms. The number of esters is 1. The van der Waals surface area contributed by atoms with E-state index in [2.05, 4.69) is 5.32 Å². The third kappa shape index (κ3) is 5.44. The molecule has 3 N–H and O–H groups in total. The molecule has 1 atom stereocenters. The minimum atomic E-state index is -3.85. The van der Waals surface area contributed by atoms with E-state index in [0.717, 1.165) is 17.4 Å². The first kappa shape index (κ1) is 17.6. The molecule has 0 aromatic carbocycles. The van der Waals surface area contributed by atoms with Crippen LogP contribution in [-0.4, -0.2) is 31.9 Å². The quantitative estimate of drug-likeness (QED) is 0.792. The van der Waals surface area contributed by atoms with Gasteiger partial charge in [-0.25, -0.2) is 18.4 Å². The zero-order chi connectivity index (χ0) is 16.4. The van der Waals surface area contributed by atoms with Gasteiger partial charge in [-0.15, -0.1) is 11.3 Å². The Hall–Kier alpha value is -1.45. The fraction of sp³-hybridized carbons (Fsp3) is 0.500. The van der Waals surface area contributed by atoms with Crippen molar-refractivity contribution in [1.29, 1.82) is 0 Å². The molecule has 0 aliphatic carbocycles. The number of nitrogens with one attached hydrogen (secondary N) is 1. The summed E-state index contributed by atoms with van der Waals surface area (Å²) in [6.07, 6.45) is -0.991. The first-order chi connectivity index (χ1) is 9.40. The summed E-state index contributed by atoms with van der Waals surface area (Å²) in [5, 5.41) is 8.95. The Kier molecular flexibility index (Phi) is 5.13. The van der Waals surface area contributed by atoms with Crippen LogP contribution in [0.25, 0.3) is 0 Å². The number of carbonyl (C=O) groups excluding carboxylic acids is 2. The molecule has 0 fully saturated rings. The van der Waals surface area contributed by atoms with E-state index in [9.17, 15) is 18.0 Å². The predicted molar refractivity (Wildman–Crippen MR) is 78.5 cm³/mol.